The molecule has 4 aliphatic heterocycles. The smallest absolute Gasteiger partial charge is 0.303 e. The van der Waals surface area contributed by atoms with Gasteiger partial charge >= 0.3 is 5.97 Å². The summed E-state index contributed by atoms with van der Waals surface area (Å²) in [6.07, 6.45) is 1.44. The lowest BCUT2D eigenvalue weighted by atomic mass is 9.94. The van der Waals surface area contributed by atoms with E-state index in [0.29, 0.717) is 22.9 Å². The Morgan fingerprint density at radius 1 is 0.682 bits per heavy atom. The Bertz CT molecular complexity index is 2600. The van der Waals surface area contributed by atoms with Crippen molar-refractivity contribution in [3.05, 3.63) is 48.0 Å². The molecule has 1 amide bonds. The van der Waals surface area contributed by atoms with E-state index in [-0.39, 0.29) is 71.5 Å². The number of carboxylic acid groups (broad SMARTS) is 1. The molecule has 6 heterocycles. The van der Waals surface area contributed by atoms with Gasteiger partial charge in [0, 0.05) is 82.9 Å². The molecule has 2 aromatic heterocycles. The number of nitrogens with zero attached hydrogens (tertiary/aromatic N) is 6. The molecule has 2 N–H and O–H groups in total. The first-order valence-electron chi connectivity index (χ1n) is 22.9. The van der Waals surface area contributed by atoms with Crippen molar-refractivity contribution in [2.45, 2.75) is 120 Å². The summed E-state index contributed by atoms with van der Waals surface area (Å²) < 4.78 is 95.0. The zero-order valence-corrected chi connectivity index (χ0v) is 40.5. The van der Waals surface area contributed by atoms with Gasteiger partial charge in [0.1, 0.15) is 11.6 Å². The largest absolute Gasteiger partial charge is 0.481 e. The highest BCUT2D eigenvalue weighted by atomic mass is 32.2. The molecular formula is C46H65F2N7O9S2. The summed E-state index contributed by atoms with van der Waals surface area (Å²) in [4.78, 5) is 32.7. The predicted molar refractivity (Wildman–Crippen MR) is 244 cm³/mol. The lowest BCUT2D eigenvalue weighted by molar-refractivity contribution is -0.139. The second-order valence-corrected chi connectivity index (χ2v) is 24.3. The van der Waals surface area contributed by atoms with E-state index < -0.39 is 44.9 Å². The van der Waals surface area contributed by atoms with Gasteiger partial charge in [-0.25, -0.2) is 35.6 Å². The minimum Gasteiger partial charge on any atom is -0.481 e. The van der Waals surface area contributed by atoms with Crippen molar-refractivity contribution < 1.29 is 49.8 Å². The third-order valence-electron chi connectivity index (χ3n) is 12.9. The first-order chi connectivity index (χ1) is 31.0. The van der Waals surface area contributed by atoms with Crippen molar-refractivity contribution in [3.8, 4) is 0 Å². The normalized spacial score (nSPS) is 19.2. The summed E-state index contributed by atoms with van der Waals surface area (Å²) in [7, 11) is -7.39. The molecule has 364 valence electrons. The number of fused-ring (bicyclic) bond motifs is 2. The molecule has 0 bridgehead atoms. The minimum absolute atomic E-state index is 0.00336. The monoisotopic (exact) mass is 961 g/mol. The topological polar surface area (TPSA) is 195 Å². The maximum absolute atomic E-state index is 13.2. The fourth-order valence-electron chi connectivity index (χ4n) is 9.20. The average Bonchev–Trinajstić information content (AvgIpc) is 3.78. The van der Waals surface area contributed by atoms with Crippen LogP contribution in [0.2, 0.25) is 0 Å². The quantitative estimate of drug-likeness (QED) is 0.150. The predicted octanol–water partition coefficient (Wildman–Crippen LogP) is 6.01. The number of carboxylic acids is 1. The molecule has 8 rings (SSSR count). The van der Waals surface area contributed by atoms with Crippen LogP contribution in [0.3, 0.4) is 0 Å². The number of rotatable bonds is 14. The summed E-state index contributed by atoms with van der Waals surface area (Å²) in [5.74, 6) is 1.19. The summed E-state index contributed by atoms with van der Waals surface area (Å²) in [6, 6.07) is 10.2. The number of carbonyl (C=O) groups excluding carboxylic acids is 1. The number of carbonyl (C=O) groups is 2. The zero-order valence-electron chi connectivity index (χ0n) is 38.8. The number of aromatic nitrogens is 4. The van der Waals surface area contributed by atoms with Crippen LogP contribution in [0, 0.1) is 23.7 Å². The Labute approximate surface area is 386 Å². The van der Waals surface area contributed by atoms with E-state index in [2.05, 4.69) is 56.0 Å². The van der Waals surface area contributed by atoms with E-state index in [1.54, 1.807) is 24.3 Å². The molecule has 4 aromatic rings. The molecule has 0 radical (unpaired) electrons. The van der Waals surface area contributed by atoms with Crippen LogP contribution in [0.4, 0.5) is 8.78 Å². The Kier molecular flexibility index (Phi) is 15.0. The number of ether oxygens (including phenoxy) is 2. The fourth-order valence-corrected chi connectivity index (χ4v) is 12.4. The maximum atomic E-state index is 13.2. The fraction of sp³-hybridized carbons (Fsp3) is 0.652. The number of amides is 1. The standard InChI is InChI=1S/C24H34F2N4O4S.C22H31N3O5S/c1-24(2,3)23-28-19-11-18(4-5-20(19)30(23)15-16-6-8-34-9-7-16)35(32,33)29-13-17(14-29)10-22(31)27-12-21(25)26;1-22(2,3)21-23-18-11-17(31(28,29)24-12-16(13-24)10-20(26)27)4-5-19(18)25(21)14-15-6-8-30-9-7-15/h4-5,11,16-17,21H,6-10,12-15H2,1-3H3,(H,27,31);4-5,11,15-16H,6-10,12-14H2,1-3H3,(H,26,27). The molecule has 0 saturated carbocycles. The molecule has 2 aromatic carbocycles. The third-order valence-corrected chi connectivity index (χ3v) is 16.5. The highest BCUT2D eigenvalue weighted by Gasteiger charge is 2.40. The van der Waals surface area contributed by atoms with Crippen molar-refractivity contribution in [2.24, 2.45) is 23.7 Å². The SMILES string of the molecule is CC(C)(C)c1nc2cc(S(=O)(=O)N3CC(CC(=O)NCC(F)F)C3)ccc2n1CC1CCOCC1.CC(C)(C)c1nc2cc(S(=O)(=O)N3CC(CC(=O)O)C3)ccc2n1CC1CCOCC1. The van der Waals surface area contributed by atoms with Crippen LogP contribution >= 0.6 is 0 Å². The van der Waals surface area contributed by atoms with E-state index in [1.165, 1.54) is 8.61 Å². The number of hydrogen-bond donors (Lipinski definition) is 2. The molecule has 0 atom stereocenters. The van der Waals surface area contributed by atoms with Gasteiger partial charge in [0.05, 0.1) is 44.8 Å². The van der Waals surface area contributed by atoms with Crippen LogP contribution in [0.1, 0.15) is 91.7 Å². The average molecular weight is 962 g/mol. The van der Waals surface area contributed by atoms with Gasteiger partial charge in [-0.1, -0.05) is 41.5 Å². The third kappa shape index (κ3) is 11.4. The van der Waals surface area contributed by atoms with Crippen molar-refractivity contribution in [2.75, 3.05) is 59.2 Å². The van der Waals surface area contributed by atoms with Gasteiger partial charge in [0.15, 0.2) is 0 Å². The number of hydrogen-bond acceptors (Lipinski definition) is 10. The molecule has 4 saturated heterocycles. The van der Waals surface area contributed by atoms with Crippen LogP contribution < -0.4 is 5.32 Å². The minimum atomic E-state index is -3.74. The van der Waals surface area contributed by atoms with Crippen molar-refractivity contribution in [1.29, 1.82) is 0 Å². The molecule has 4 fully saturated rings. The second-order valence-electron chi connectivity index (χ2n) is 20.4. The van der Waals surface area contributed by atoms with Crippen LogP contribution in [-0.4, -0.2) is 127 Å². The molecule has 16 nitrogen and oxygen atoms in total. The summed E-state index contributed by atoms with van der Waals surface area (Å²) in [5, 5.41) is 11.1. The van der Waals surface area contributed by atoms with E-state index in [4.69, 9.17) is 24.5 Å². The van der Waals surface area contributed by atoms with Crippen molar-refractivity contribution >= 4 is 54.0 Å². The lowest BCUT2D eigenvalue weighted by Gasteiger charge is -2.37. The number of imidazole rings is 2. The molecule has 66 heavy (non-hydrogen) atoms. The van der Waals surface area contributed by atoms with E-state index in [9.17, 15) is 35.2 Å². The molecule has 20 heteroatoms. The Morgan fingerprint density at radius 2 is 1.08 bits per heavy atom. The number of sulfonamides is 2. The van der Waals surface area contributed by atoms with Gasteiger partial charge in [-0.3, -0.25) is 9.59 Å². The summed E-state index contributed by atoms with van der Waals surface area (Å²) >= 11 is 0. The van der Waals surface area contributed by atoms with E-state index in [0.717, 1.165) is 87.9 Å². The van der Waals surface area contributed by atoms with Gasteiger partial charge in [-0.05, 0) is 85.8 Å². The van der Waals surface area contributed by atoms with Gasteiger partial charge < -0.3 is 29.0 Å². The molecular weight excluding hydrogens is 897 g/mol. The highest BCUT2D eigenvalue weighted by molar-refractivity contribution is 7.89. The Hall–Kier alpha value is -4.08. The van der Waals surface area contributed by atoms with Crippen molar-refractivity contribution in [3.63, 3.8) is 0 Å². The van der Waals surface area contributed by atoms with E-state index >= 15 is 0 Å². The number of nitrogens with one attached hydrogen (secondary N) is 1. The summed E-state index contributed by atoms with van der Waals surface area (Å²) in [6.45, 7) is 17.6. The maximum Gasteiger partial charge on any atom is 0.303 e. The first kappa shape index (κ1) is 49.8. The number of alkyl halides is 2. The van der Waals surface area contributed by atoms with Gasteiger partial charge in [-0.15, -0.1) is 0 Å². The van der Waals surface area contributed by atoms with Crippen LogP contribution in [0.5, 0.6) is 0 Å². The number of halogens is 2. The Balaban J connectivity index is 0.000000198. The highest BCUT2D eigenvalue weighted by Crippen LogP contribution is 2.35. The lowest BCUT2D eigenvalue weighted by Crippen LogP contribution is -2.51. The van der Waals surface area contributed by atoms with Gasteiger partial charge in [0.2, 0.25) is 26.0 Å². The van der Waals surface area contributed by atoms with Gasteiger partial charge in [-0.2, -0.15) is 8.61 Å². The van der Waals surface area contributed by atoms with Crippen LogP contribution in [0.15, 0.2) is 46.2 Å². The number of aliphatic carboxylic acids is 1. The Morgan fingerprint density at radius 3 is 1.44 bits per heavy atom. The zero-order chi connectivity index (χ0) is 47.8. The molecule has 4 aliphatic rings. The summed E-state index contributed by atoms with van der Waals surface area (Å²) in [5.41, 5.74) is 2.80. The molecule has 0 spiro atoms. The van der Waals surface area contributed by atoms with Crippen molar-refractivity contribution in [1.82, 2.24) is 33.0 Å². The molecule has 0 aliphatic carbocycles. The van der Waals surface area contributed by atoms with Gasteiger partial charge in [0.25, 0.3) is 6.43 Å². The van der Waals surface area contributed by atoms with Crippen LogP contribution in [-0.2, 0) is 63.0 Å². The molecule has 0 unspecified atom stereocenters. The first-order valence-corrected chi connectivity index (χ1v) is 25.8. The second kappa shape index (κ2) is 19.9. The number of benzene rings is 2. The van der Waals surface area contributed by atoms with E-state index in [1.807, 2.05) is 12.1 Å². The van der Waals surface area contributed by atoms with Crippen LogP contribution in [0.25, 0.3) is 22.1 Å².